The number of hydrogen-bond acceptors (Lipinski definition) is 4. The maximum absolute atomic E-state index is 12.5. The van der Waals surface area contributed by atoms with Crippen LogP contribution in [0.3, 0.4) is 0 Å². The average molecular weight is 445 g/mol. The van der Waals surface area contributed by atoms with Crippen LogP contribution in [0.5, 0.6) is 0 Å². The van der Waals surface area contributed by atoms with Gasteiger partial charge in [-0.2, -0.15) is 18.3 Å². The fraction of sp³-hybridized carbons (Fsp3) is 0.133. The smallest absolute Gasteiger partial charge is 0.297 e. The summed E-state index contributed by atoms with van der Waals surface area (Å²) in [7, 11) is 0. The number of anilines is 1. The molecular weight excluding hydrogens is 434 g/mol. The maximum atomic E-state index is 12.5. The van der Waals surface area contributed by atoms with Crippen LogP contribution in [0.25, 0.3) is 5.65 Å². The number of hydrogen-bond donors (Lipinski definition) is 1. The van der Waals surface area contributed by atoms with E-state index in [1.54, 1.807) is 6.21 Å². The molecule has 0 radical (unpaired) electrons. The summed E-state index contributed by atoms with van der Waals surface area (Å²) in [5, 5.41) is 4.03. The summed E-state index contributed by atoms with van der Waals surface area (Å²) < 4.78 is 40.4. The molecule has 0 bridgehead atoms. The monoisotopic (exact) mass is 445 g/mol. The number of alkyl halides is 3. The van der Waals surface area contributed by atoms with Crippen molar-refractivity contribution >= 4 is 40.3 Å². The highest BCUT2D eigenvalue weighted by Gasteiger charge is 2.30. The molecule has 0 atom stereocenters. The lowest BCUT2D eigenvalue weighted by Crippen LogP contribution is -2.05. The Morgan fingerprint density at radius 2 is 2.04 bits per heavy atom. The molecular formula is C15H11F3IN5. The van der Waals surface area contributed by atoms with E-state index in [0.29, 0.717) is 0 Å². The Kier molecular flexibility index (Phi) is 4.43. The van der Waals surface area contributed by atoms with Gasteiger partial charge >= 0.3 is 6.18 Å². The highest BCUT2D eigenvalue weighted by molar-refractivity contribution is 14.1. The summed E-state index contributed by atoms with van der Waals surface area (Å²) in [5.41, 5.74) is 4.18. The van der Waals surface area contributed by atoms with Crippen molar-refractivity contribution in [2.75, 3.05) is 5.43 Å². The first kappa shape index (κ1) is 16.7. The molecule has 0 aromatic carbocycles. The van der Waals surface area contributed by atoms with E-state index in [1.165, 1.54) is 6.07 Å². The Balaban J connectivity index is 1.80. The quantitative estimate of drug-likeness (QED) is 0.375. The highest BCUT2D eigenvalue weighted by Crippen LogP contribution is 2.28. The molecule has 0 unspecified atom stereocenters. The Bertz CT molecular complexity index is 900. The highest BCUT2D eigenvalue weighted by atomic mass is 127. The summed E-state index contributed by atoms with van der Waals surface area (Å²) in [4.78, 5) is 8.11. The number of halogens is 4. The fourth-order valence-electron chi connectivity index (χ4n) is 2.10. The zero-order valence-corrected chi connectivity index (χ0v) is 14.5. The van der Waals surface area contributed by atoms with E-state index in [-0.39, 0.29) is 5.82 Å². The third kappa shape index (κ3) is 3.50. The number of hydrazone groups is 1. The number of nitrogens with one attached hydrogen (secondary N) is 1. The summed E-state index contributed by atoms with van der Waals surface area (Å²) in [6.07, 6.45) is -0.155. The molecule has 24 heavy (non-hydrogen) atoms. The minimum Gasteiger partial charge on any atom is -0.297 e. The van der Waals surface area contributed by atoms with Crippen molar-refractivity contribution in [3.05, 3.63) is 57.2 Å². The molecule has 124 valence electrons. The van der Waals surface area contributed by atoms with Crippen LogP contribution in [0.15, 0.2) is 41.8 Å². The lowest BCUT2D eigenvalue weighted by atomic mass is 10.3. The van der Waals surface area contributed by atoms with Crippen LogP contribution in [0.2, 0.25) is 0 Å². The largest absolute Gasteiger partial charge is 0.417 e. The van der Waals surface area contributed by atoms with Crippen molar-refractivity contribution in [3.8, 4) is 0 Å². The first-order valence-electron chi connectivity index (χ1n) is 6.81. The van der Waals surface area contributed by atoms with Gasteiger partial charge in [-0.25, -0.2) is 9.97 Å². The zero-order valence-electron chi connectivity index (χ0n) is 12.3. The Labute approximate surface area is 148 Å². The predicted octanol–water partition coefficient (Wildman–Crippen LogP) is 4.11. The minimum atomic E-state index is -4.40. The van der Waals surface area contributed by atoms with Crippen LogP contribution >= 0.6 is 22.6 Å². The van der Waals surface area contributed by atoms with Crippen molar-refractivity contribution in [2.45, 2.75) is 13.1 Å². The molecule has 3 aromatic rings. The molecule has 0 aliphatic rings. The molecule has 0 amide bonds. The molecule has 3 aromatic heterocycles. The molecule has 0 aliphatic carbocycles. The van der Waals surface area contributed by atoms with E-state index >= 15 is 0 Å². The summed E-state index contributed by atoms with van der Waals surface area (Å²) in [6.45, 7) is 1.86. The van der Waals surface area contributed by atoms with Gasteiger partial charge < -0.3 is 0 Å². The average Bonchev–Trinajstić information content (AvgIpc) is 2.82. The zero-order chi connectivity index (χ0) is 17.3. The van der Waals surface area contributed by atoms with Gasteiger partial charge in [0.05, 0.1) is 23.2 Å². The normalized spacial score (nSPS) is 12.2. The summed E-state index contributed by atoms with van der Waals surface area (Å²) in [6, 6.07) is 6.03. The molecule has 5 nitrogen and oxygen atoms in total. The van der Waals surface area contributed by atoms with Gasteiger partial charge in [0.1, 0.15) is 11.5 Å². The van der Waals surface area contributed by atoms with Crippen LogP contribution in [0.4, 0.5) is 19.0 Å². The predicted molar refractivity (Wildman–Crippen MR) is 93.1 cm³/mol. The topological polar surface area (TPSA) is 54.6 Å². The second-order valence-electron chi connectivity index (χ2n) is 4.96. The van der Waals surface area contributed by atoms with Crippen molar-refractivity contribution in [2.24, 2.45) is 5.10 Å². The first-order valence-corrected chi connectivity index (χ1v) is 7.89. The lowest BCUT2D eigenvalue weighted by Gasteiger charge is -2.06. The molecule has 0 spiro atoms. The van der Waals surface area contributed by atoms with Gasteiger partial charge in [0.2, 0.25) is 0 Å². The number of aromatic nitrogens is 3. The number of pyridine rings is 2. The summed E-state index contributed by atoms with van der Waals surface area (Å²) in [5.74, 6) is 0.223. The van der Waals surface area contributed by atoms with Gasteiger partial charge in [0.25, 0.3) is 0 Å². The molecule has 1 N–H and O–H groups in total. The Morgan fingerprint density at radius 3 is 2.71 bits per heavy atom. The molecule has 0 saturated carbocycles. The third-order valence-corrected chi connectivity index (χ3v) is 3.90. The van der Waals surface area contributed by atoms with Crippen molar-refractivity contribution in [1.29, 1.82) is 0 Å². The maximum Gasteiger partial charge on any atom is 0.417 e. The molecule has 3 heterocycles. The number of imidazole rings is 1. The summed E-state index contributed by atoms with van der Waals surface area (Å²) >= 11 is 2.20. The fourth-order valence-corrected chi connectivity index (χ4v) is 2.56. The van der Waals surface area contributed by atoms with Crippen LogP contribution in [0.1, 0.15) is 17.0 Å². The minimum absolute atomic E-state index is 0.223. The Morgan fingerprint density at radius 1 is 1.25 bits per heavy atom. The van der Waals surface area contributed by atoms with E-state index in [9.17, 15) is 13.2 Å². The van der Waals surface area contributed by atoms with Crippen LogP contribution in [-0.4, -0.2) is 20.6 Å². The van der Waals surface area contributed by atoms with Gasteiger partial charge in [-0.3, -0.25) is 9.83 Å². The van der Waals surface area contributed by atoms with Gasteiger partial charge in [0, 0.05) is 16.0 Å². The number of nitrogens with zero attached hydrogens (tertiary/aromatic N) is 4. The van der Waals surface area contributed by atoms with Crippen LogP contribution in [-0.2, 0) is 6.18 Å². The van der Waals surface area contributed by atoms with E-state index in [0.717, 1.165) is 32.9 Å². The van der Waals surface area contributed by atoms with Gasteiger partial charge in [-0.1, -0.05) is 0 Å². The molecule has 9 heteroatoms. The van der Waals surface area contributed by atoms with E-state index < -0.39 is 11.7 Å². The lowest BCUT2D eigenvalue weighted by molar-refractivity contribution is -0.137. The number of rotatable bonds is 3. The molecule has 3 rings (SSSR count). The molecule has 0 fully saturated rings. The Hall–Kier alpha value is -2.17. The third-order valence-electron chi connectivity index (χ3n) is 3.26. The first-order chi connectivity index (χ1) is 11.3. The SMILES string of the molecule is Cc1nc2ccc(I)cn2c1/C=N/Nc1ccc(C(F)(F)F)cn1. The van der Waals surface area contributed by atoms with E-state index in [1.807, 2.05) is 29.7 Å². The van der Waals surface area contributed by atoms with Crippen molar-refractivity contribution < 1.29 is 13.2 Å². The van der Waals surface area contributed by atoms with Gasteiger partial charge in [0.15, 0.2) is 0 Å². The second kappa shape index (κ2) is 6.38. The second-order valence-corrected chi connectivity index (χ2v) is 6.20. The van der Waals surface area contributed by atoms with Crippen LogP contribution < -0.4 is 5.43 Å². The molecule has 0 aliphatic heterocycles. The molecule has 0 saturated heterocycles. The standard InChI is InChI=1S/C15H11F3IN5/c1-9-12(24-8-11(19)3-5-14(24)22-9)7-21-23-13-4-2-10(6-20-13)15(16,17)18/h2-8H,1H3,(H,20,23)/b21-7+. The van der Waals surface area contributed by atoms with Gasteiger partial charge in [-0.05, 0) is 53.8 Å². The number of aryl methyl sites for hydroxylation is 1. The van der Waals surface area contributed by atoms with Gasteiger partial charge in [-0.15, -0.1) is 0 Å². The van der Waals surface area contributed by atoms with E-state index in [2.05, 4.69) is 43.1 Å². The number of fused-ring (bicyclic) bond motifs is 1. The van der Waals surface area contributed by atoms with Crippen molar-refractivity contribution in [3.63, 3.8) is 0 Å². The van der Waals surface area contributed by atoms with Crippen LogP contribution in [0, 0.1) is 10.5 Å². The van der Waals surface area contributed by atoms with Crippen molar-refractivity contribution in [1.82, 2.24) is 14.4 Å². The van der Waals surface area contributed by atoms with E-state index in [4.69, 9.17) is 0 Å².